The Morgan fingerprint density at radius 2 is 1.40 bits per heavy atom. The molecule has 0 spiro atoms. The summed E-state index contributed by atoms with van der Waals surface area (Å²) in [5.74, 6) is -3.14. The first-order valence-corrected chi connectivity index (χ1v) is 13.7. The summed E-state index contributed by atoms with van der Waals surface area (Å²) in [7, 11) is 0. The van der Waals surface area contributed by atoms with Crippen LogP contribution in [0.4, 0.5) is 14.4 Å². The third-order valence-electron chi connectivity index (χ3n) is 5.92. The Morgan fingerprint density at radius 3 is 1.93 bits per heavy atom. The fraction of sp³-hybridized carbons (Fsp3) is 0.643. The minimum Gasteiger partial charge on any atom is -0.480 e. The molecule has 0 aliphatic carbocycles. The van der Waals surface area contributed by atoms with E-state index in [1.807, 2.05) is 20.8 Å². The minimum atomic E-state index is -1.41. The van der Waals surface area contributed by atoms with Crippen LogP contribution < -0.4 is 15.2 Å². The van der Waals surface area contributed by atoms with E-state index in [0.29, 0.717) is 24.8 Å². The van der Waals surface area contributed by atoms with Crippen molar-refractivity contribution >= 4 is 24.4 Å². The van der Waals surface area contributed by atoms with E-state index in [9.17, 15) is 24.3 Å². The zero-order valence-corrected chi connectivity index (χ0v) is 24.0. The van der Waals surface area contributed by atoms with E-state index in [2.05, 4.69) is 0 Å². The van der Waals surface area contributed by atoms with Crippen molar-refractivity contribution in [2.45, 2.75) is 91.2 Å². The molecule has 1 aromatic carbocycles. The average molecular weight is 570 g/mol. The molecule has 12 nitrogen and oxygen atoms in total. The minimum absolute atomic E-state index is 0.123. The van der Waals surface area contributed by atoms with Gasteiger partial charge in [0, 0.05) is 5.92 Å². The molecule has 40 heavy (non-hydrogen) atoms. The van der Waals surface area contributed by atoms with E-state index in [0.717, 1.165) is 19.3 Å². The lowest BCUT2D eigenvalue weighted by Crippen LogP contribution is -2.40. The second-order valence-corrected chi connectivity index (χ2v) is 9.46. The summed E-state index contributed by atoms with van der Waals surface area (Å²) in [5.41, 5.74) is 6.37. The van der Waals surface area contributed by atoms with Crippen LogP contribution in [-0.2, 0) is 23.7 Å². The summed E-state index contributed by atoms with van der Waals surface area (Å²) in [6.45, 7) is 9.30. The topological polar surface area (TPSA) is 170 Å². The maximum absolute atomic E-state index is 12.3. The number of nitrogens with two attached hydrogens (primary N) is 1. The number of rotatable bonds is 17. The quantitative estimate of drug-likeness (QED) is 0.100. The number of aliphatic carboxylic acids is 1. The van der Waals surface area contributed by atoms with Gasteiger partial charge in [0.15, 0.2) is 11.5 Å². The van der Waals surface area contributed by atoms with Gasteiger partial charge in [-0.25, -0.2) is 14.4 Å². The van der Waals surface area contributed by atoms with E-state index < -0.39 is 42.3 Å². The van der Waals surface area contributed by atoms with Crippen molar-refractivity contribution in [3.05, 3.63) is 23.8 Å². The summed E-state index contributed by atoms with van der Waals surface area (Å²) < 4.78 is 31.0. The van der Waals surface area contributed by atoms with Crippen LogP contribution in [0.5, 0.6) is 11.5 Å². The Balaban J connectivity index is 3.23. The summed E-state index contributed by atoms with van der Waals surface area (Å²) in [4.78, 5) is 48.4. The fourth-order valence-corrected chi connectivity index (χ4v) is 3.74. The molecule has 0 radical (unpaired) electrons. The summed E-state index contributed by atoms with van der Waals surface area (Å²) in [6.07, 6.45) is 1.12. The first-order valence-electron chi connectivity index (χ1n) is 13.7. The van der Waals surface area contributed by atoms with E-state index in [-0.39, 0.29) is 37.4 Å². The van der Waals surface area contributed by atoms with Gasteiger partial charge in [-0.1, -0.05) is 53.0 Å². The van der Waals surface area contributed by atoms with Gasteiger partial charge in [0.25, 0.3) is 0 Å². The molecule has 3 N–H and O–H groups in total. The van der Waals surface area contributed by atoms with Crippen molar-refractivity contribution < 1.29 is 52.7 Å². The Kier molecular flexibility index (Phi) is 16.1. The molecule has 0 amide bonds. The maximum atomic E-state index is 12.3. The zero-order chi connectivity index (χ0) is 30.1. The summed E-state index contributed by atoms with van der Waals surface area (Å²) >= 11 is 0. The molecule has 3 unspecified atom stereocenters. The molecular weight excluding hydrogens is 526 g/mol. The smallest absolute Gasteiger partial charge is 0.480 e. The van der Waals surface area contributed by atoms with Crippen LogP contribution in [0.15, 0.2) is 18.2 Å². The van der Waals surface area contributed by atoms with Gasteiger partial charge in [0.2, 0.25) is 0 Å². The van der Waals surface area contributed by atoms with Gasteiger partial charge in [0.05, 0.1) is 19.8 Å². The van der Waals surface area contributed by atoms with Crippen LogP contribution in [-0.4, -0.2) is 61.5 Å². The molecule has 0 saturated carbocycles. The van der Waals surface area contributed by atoms with Gasteiger partial charge in [-0.2, -0.15) is 0 Å². The van der Waals surface area contributed by atoms with Crippen LogP contribution in [0, 0.1) is 5.92 Å². The third-order valence-corrected chi connectivity index (χ3v) is 5.92. The monoisotopic (exact) mass is 569 g/mol. The summed E-state index contributed by atoms with van der Waals surface area (Å²) in [6, 6.07) is 2.74. The second kappa shape index (κ2) is 18.7. The molecule has 0 heterocycles. The molecule has 0 bridgehead atoms. The highest BCUT2D eigenvalue weighted by atomic mass is 16.7. The Morgan fingerprint density at radius 1 is 0.825 bits per heavy atom. The van der Waals surface area contributed by atoms with Gasteiger partial charge >= 0.3 is 24.4 Å². The van der Waals surface area contributed by atoms with Gasteiger partial charge in [0.1, 0.15) is 12.1 Å². The molecule has 0 saturated heterocycles. The lowest BCUT2D eigenvalue weighted by atomic mass is 9.82. The SMILES string of the molecule is CCCCOC(=O)Oc1ccc(C(C(C)COC(=O)OC(C)CCC)[C@H](N)C(=O)O)cc1OC(=O)OCCCC. The molecule has 0 aliphatic rings. The number of ether oxygens (including phenoxy) is 6. The van der Waals surface area contributed by atoms with Crippen molar-refractivity contribution in [3.63, 3.8) is 0 Å². The predicted molar refractivity (Wildman–Crippen MR) is 145 cm³/mol. The maximum Gasteiger partial charge on any atom is 0.513 e. The van der Waals surface area contributed by atoms with Gasteiger partial charge < -0.3 is 39.3 Å². The number of hydrogen-bond acceptors (Lipinski definition) is 11. The predicted octanol–water partition coefficient (Wildman–Crippen LogP) is 5.79. The zero-order valence-electron chi connectivity index (χ0n) is 24.0. The van der Waals surface area contributed by atoms with Crippen molar-refractivity contribution in [3.8, 4) is 11.5 Å². The van der Waals surface area contributed by atoms with Gasteiger partial charge in [-0.3, -0.25) is 4.79 Å². The molecule has 1 rings (SSSR count). The van der Waals surface area contributed by atoms with Crippen LogP contribution in [0.3, 0.4) is 0 Å². The highest BCUT2D eigenvalue weighted by molar-refractivity contribution is 5.75. The second-order valence-electron chi connectivity index (χ2n) is 9.46. The number of carboxylic acid groups (broad SMARTS) is 1. The van der Waals surface area contributed by atoms with E-state index >= 15 is 0 Å². The first kappa shape index (κ1) is 34.5. The number of carboxylic acids is 1. The van der Waals surface area contributed by atoms with Gasteiger partial charge in [-0.15, -0.1) is 0 Å². The van der Waals surface area contributed by atoms with E-state index in [1.54, 1.807) is 13.8 Å². The lowest BCUT2D eigenvalue weighted by Gasteiger charge is -2.28. The lowest BCUT2D eigenvalue weighted by molar-refractivity contribution is -0.139. The first-order chi connectivity index (χ1) is 19.0. The summed E-state index contributed by atoms with van der Waals surface area (Å²) in [5, 5.41) is 9.68. The highest BCUT2D eigenvalue weighted by Crippen LogP contribution is 2.36. The van der Waals surface area contributed by atoms with Crippen LogP contribution in [0.1, 0.15) is 84.6 Å². The van der Waals surface area contributed by atoms with E-state index in [4.69, 9.17) is 34.2 Å². The molecule has 226 valence electrons. The third kappa shape index (κ3) is 12.5. The normalized spacial score (nSPS) is 13.8. The van der Waals surface area contributed by atoms with Crippen LogP contribution >= 0.6 is 0 Å². The largest absolute Gasteiger partial charge is 0.513 e. The Hall–Kier alpha value is -3.54. The van der Waals surface area contributed by atoms with E-state index in [1.165, 1.54) is 18.2 Å². The van der Waals surface area contributed by atoms with Crippen molar-refractivity contribution in [1.29, 1.82) is 0 Å². The highest BCUT2D eigenvalue weighted by Gasteiger charge is 2.33. The fourth-order valence-electron chi connectivity index (χ4n) is 3.74. The molecule has 0 aliphatic heterocycles. The number of unbranched alkanes of at least 4 members (excludes halogenated alkanes) is 2. The number of hydrogen-bond donors (Lipinski definition) is 2. The van der Waals surface area contributed by atoms with Gasteiger partial charge in [-0.05, 0) is 49.8 Å². The van der Waals surface area contributed by atoms with Crippen molar-refractivity contribution in [2.75, 3.05) is 19.8 Å². The number of benzene rings is 1. The molecule has 4 atom stereocenters. The van der Waals surface area contributed by atoms with Crippen molar-refractivity contribution in [2.24, 2.45) is 11.7 Å². The van der Waals surface area contributed by atoms with Crippen molar-refractivity contribution in [1.82, 2.24) is 0 Å². The Labute approximate surface area is 235 Å². The average Bonchev–Trinajstić information content (AvgIpc) is 2.89. The molecule has 1 aromatic rings. The molecule has 12 heteroatoms. The number of carbonyl (C=O) groups excluding carboxylic acids is 3. The molecular formula is C28H43NO11. The molecule has 0 aromatic heterocycles. The van der Waals surface area contributed by atoms with Crippen LogP contribution in [0.2, 0.25) is 0 Å². The molecule has 0 fully saturated rings. The van der Waals surface area contributed by atoms with Crippen LogP contribution in [0.25, 0.3) is 0 Å². The number of carbonyl (C=O) groups is 4. The standard InChI is InChI=1S/C28H43NO11/c1-6-9-14-35-26(32)39-21-13-12-20(16-22(21)40-27(33)36-15-10-7-2)23(24(29)25(30)31)18(4)17-37-28(34)38-19(5)11-8-3/h12-13,16,18-19,23-24H,6-11,14-15,17,29H2,1-5H3,(H,30,31)/t18?,19?,23?,24-/m0/s1. The Bertz CT molecular complexity index is 952.